The molecule has 0 aliphatic heterocycles. The highest BCUT2D eigenvalue weighted by Gasteiger charge is 2.13. The molecule has 6 nitrogen and oxygen atoms in total. The lowest BCUT2D eigenvalue weighted by Gasteiger charge is -2.04. The van der Waals surface area contributed by atoms with Crippen LogP contribution >= 0.6 is 34.4 Å². The molecule has 2 amide bonds. The first-order valence-electron chi connectivity index (χ1n) is 7.38. The summed E-state index contributed by atoms with van der Waals surface area (Å²) >= 11 is 3.69. The molecular formula is C16H13FN4O2S3. The van der Waals surface area contributed by atoms with Crippen molar-refractivity contribution >= 4 is 57.1 Å². The minimum absolute atomic E-state index is 0.0566. The Morgan fingerprint density at radius 2 is 2.04 bits per heavy atom. The van der Waals surface area contributed by atoms with Crippen molar-refractivity contribution in [3.8, 4) is 0 Å². The number of aromatic nitrogens is 2. The number of rotatable bonds is 6. The van der Waals surface area contributed by atoms with Gasteiger partial charge in [-0.2, -0.15) is 0 Å². The number of carbonyl (C=O) groups is 2. The number of halogens is 1. The highest BCUT2D eigenvalue weighted by molar-refractivity contribution is 8.01. The van der Waals surface area contributed by atoms with E-state index in [4.69, 9.17) is 0 Å². The van der Waals surface area contributed by atoms with E-state index in [1.165, 1.54) is 34.8 Å². The number of aryl methyl sites for hydroxylation is 1. The Balaban J connectivity index is 1.51. The smallest absolute Gasteiger partial charge is 0.267 e. The van der Waals surface area contributed by atoms with Crippen molar-refractivity contribution < 1.29 is 14.0 Å². The van der Waals surface area contributed by atoms with Crippen molar-refractivity contribution in [2.75, 3.05) is 16.4 Å². The molecule has 0 bridgehead atoms. The van der Waals surface area contributed by atoms with Crippen LogP contribution in [0.5, 0.6) is 0 Å². The number of thiophene rings is 1. The van der Waals surface area contributed by atoms with Gasteiger partial charge < -0.3 is 5.32 Å². The van der Waals surface area contributed by atoms with Gasteiger partial charge in [-0.1, -0.05) is 35.2 Å². The fourth-order valence-electron chi connectivity index (χ4n) is 1.90. The van der Waals surface area contributed by atoms with Crippen molar-refractivity contribution in [2.45, 2.75) is 11.3 Å². The molecule has 0 atom stereocenters. The molecule has 10 heteroatoms. The van der Waals surface area contributed by atoms with Gasteiger partial charge in [0.25, 0.3) is 5.91 Å². The quantitative estimate of drug-likeness (QED) is 0.475. The van der Waals surface area contributed by atoms with E-state index in [0.29, 0.717) is 14.3 Å². The third-order valence-electron chi connectivity index (χ3n) is 3.06. The Morgan fingerprint density at radius 1 is 1.23 bits per heavy atom. The van der Waals surface area contributed by atoms with Gasteiger partial charge in [-0.25, -0.2) is 4.39 Å². The van der Waals surface area contributed by atoms with Gasteiger partial charge in [0, 0.05) is 0 Å². The van der Waals surface area contributed by atoms with Crippen LogP contribution in [-0.2, 0) is 4.79 Å². The maximum atomic E-state index is 13.5. The summed E-state index contributed by atoms with van der Waals surface area (Å²) < 4.78 is 14.0. The van der Waals surface area contributed by atoms with Crippen LogP contribution in [0.25, 0.3) is 0 Å². The third-order valence-corrected chi connectivity index (χ3v) is 6.07. The summed E-state index contributed by atoms with van der Waals surface area (Å²) in [4.78, 5) is 24.6. The van der Waals surface area contributed by atoms with Crippen LogP contribution in [-0.4, -0.2) is 27.8 Å². The molecule has 2 aromatic heterocycles. The molecule has 2 heterocycles. The van der Waals surface area contributed by atoms with Crippen LogP contribution in [0.2, 0.25) is 0 Å². The fraction of sp³-hybridized carbons (Fsp3) is 0.125. The van der Waals surface area contributed by atoms with Gasteiger partial charge in [0.2, 0.25) is 11.0 Å². The van der Waals surface area contributed by atoms with E-state index < -0.39 is 5.82 Å². The van der Waals surface area contributed by atoms with Gasteiger partial charge in [-0.05, 0) is 36.1 Å². The SMILES string of the molecule is Cc1csc(C(=O)Nc2nnc(SCC(=O)Nc3ccccc3F)s2)c1. The molecule has 3 rings (SSSR count). The standard InChI is InChI=1S/C16H13FN4O2S3/c1-9-6-12(24-7-9)14(23)19-15-20-21-16(26-15)25-8-13(22)18-11-5-3-2-4-10(11)17/h2-7H,8H2,1H3,(H,18,22)(H,19,20,23). The number of hydrogen-bond acceptors (Lipinski definition) is 7. The zero-order chi connectivity index (χ0) is 18.5. The lowest BCUT2D eigenvalue weighted by atomic mass is 10.3. The van der Waals surface area contributed by atoms with E-state index in [2.05, 4.69) is 20.8 Å². The summed E-state index contributed by atoms with van der Waals surface area (Å²) in [5, 5.41) is 15.3. The molecule has 0 spiro atoms. The Kier molecular flexibility index (Phi) is 5.96. The van der Waals surface area contributed by atoms with Crippen molar-refractivity contribution in [1.29, 1.82) is 0 Å². The van der Waals surface area contributed by atoms with Gasteiger partial charge >= 0.3 is 0 Å². The Hall–Kier alpha value is -2.30. The fourth-order valence-corrected chi connectivity index (χ4v) is 4.24. The Bertz CT molecular complexity index is 941. The van der Waals surface area contributed by atoms with Crippen LogP contribution in [0.1, 0.15) is 15.2 Å². The number of para-hydroxylation sites is 1. The minimum Gasteiger partial charge on any atom is -0.323 e. The number of benzene rings is 1. The molecule has 134 valence electrons. The molecule has 3 aromatic rings. The molecule has 0 aliphatic rings. The normalized spacial score (nSPS) is 10.5. The van der Waals surface area contributed by atoms with Gasteiger partial charge in [0.1, 0.15) is 5.82 Å². The molecular weight excluding hydrogens is 395 g/mol. The molecule has 0 saturated carbocycles. The first kappa shape index (κ1) is 18.5. The molecule has 0 aliphatic carbocycles. The lowest BCUT2D eigenvalue weighted by Crippen LogP contribution is -2.14. The molecule has 0 fully saturated rings. The largest absolute Gasteiger partial charge is 0.323 e. The van der Waals surface area contributed by atoms with Crippen molar-refractivity contribution in [3.63, 3.8) is 0 Å². The van der Waals surface area contributed by atoms with E-state index >= 15 is 0 Å². The van der Waals surface area contributed by atoms with Crippen LogP contribution in [0.15, 0.2) is 40.1 Å². The first-order chi connectivity index (χ1) is 12.5. The summed E-state index contributed by atoms with van der Waals surface area (Å²) in [6, 6.07) is 7.75. The highest BCUT2D eigenvalue weighted by Crippen LogP contribution is 2.26. The van der Waals surface area contributed by atoms with Gasteiger partial charge in [0.05, 0.1) is 16.3 Å². The van der Waals surface area contributed by atoms with Crippen LogP contribution < -0.4 is 10.6 Å². The summed E-state index contributed by atoms with van der Waals surface area (Å²) in [7, 11) is 0. The predicted octanol–water partition coefficient (Wildman–Crippen LogP) is 4.03. The molecule has 0 saturated heterocycles. The number of carbonyl (C=O) groups excluding carboxylic acids is 2. The number of nitrogens with zero attached hydrogens (tertiary/aromatic N) is 2. The Labute approximate surface area is 160 Å². The zero-order valence-corrected chi connectivity index (χ0v) is 15.9. The number of amides is 2. The van der Waals surface area contributed by atoms with Crippen molar-refractivity contribution in [3.05, 3.63) is 52.0 Å². The van der Waals surface area contributed by atoms with Gasteiger partial charge in [-0.15, -0.1) is 21.5 Å². The predicted molar refractivity (Wildman–Crippen MR) is 103 cm³/mol. The number of anilines is 2. The topological polar surface area (TPSA) is 84.0 Å². The van der Waals surface area contributed by atoms with E-state index in [1.807, 2.05) is 12.3 Å². The summed E-state index contributed by atoms with van der Waals surface area (Å²) in [6.45, 7) is 1.92. The van der Waals surface area contributed by atoms with Crippen molar-refractivity contribution in [1.82, 2.24) is 10.2 Å². The second-order valence-electron chi connectivity index (χ2n) is 5.13. The number of thioether (sulfide) groups is 1. The highest BCUT2D eigenvalue weighted by atomic mass is 32.2. The summed E-state index contributed by atoms with van der Waals surface area (Å²) in [5.74, 6) is -1.03. The second-order valence-corrected chi connectivity index (χ2v) is 8.24. The van der Waals surface area contributed by atoms with E-state index in [9.17, 15) is 14.0 Å². The molecule has 1 aromatic carbocycles. The van der Waals surface area contributed by atoms with Crippen LogP contribution in [0, 0.1) is 12.7 Å². The maximum absolute atomic E-state index is 13.5. The Morgan fingerprint density at radius 3 is 2.77 bits per heavy atom. The summed E-state index contributed by atoms with van der Waals surface area (Å²) in [6.07, 6.45) is 0. The lowest BCUT2D eigenvalue weighted by molar-refractivity contribution is -0.113. The monoisotopic (exact) mass is 408 g/mol. The molecule has 26 heavy (non-hydrogen) atoms. The average molecular weight is 409 g/mol. The van der Waals surface area contributed by atoms with Crippen molar-refractivity contribution in [2.24, 2.45) is 0 Å². The zero-order valence-electron chi connectivity index (χ0n) is 13.5. The van der Waals surface area contributed by atoms with E-state index in [0.717, 1.165) is 17.3 Å². The molecule has 0 unspecified atom stereocenters. The first-order valence-corrected chi connectivity index (χ1v) is 10.1. The van der Waals surface area contributed by atoms with E-state index in [1.54, 1.807) is 18.2 Å². The maximum Gasteiger partial charge on any atom is 0.267 e. The van der Waals surface area contributed by atoms with Crippen LogP contribution in [0.4, 0.5) is 15.2 Å². The number of hydrogen-bond donors (Lipinski definition) is 2. The summed E-state index contributed by atoms with van der Waals surface area (Å²) in [5.41, 5.74) is 1.16. The van der Waals surface area contributed by atoms with Crippen LogP contribution in [0.3, 0.4) is 0 Å². The van der Waals surface area contributed by atoms with Gasteiger partial charge in [-0.3, -0.25) is 14.9 Å². The number of nitrogens with one attached hydrogen (secondary N) is 2. The minimum atomic E-state index is -0.490. The van der Waals surface area contributed by atoms with Gasteiger partial charge in [0.15, 0.2) is 4.34 Å². The van der Waals surface area contributed by atoms with E-state index in [-0.39, 0.29) is 23.3 Å². The molecule has 2 N–H and O–H groups in total. The third kappa shape index (κ3) is 4.87. The second kappa shape index (κ2) is 8.39. The average Bonchev–Trinajstić information content (AvgIpc) is 3.24. The molecule has 0 radical (unpaired) electrons.